The molecule has 7 heteroatoms. The number of rotatable bonds is 4. The third-order valence-electron chi connectivity index (χ3n) is 3.06. The summed E-state index contributed by atoms with van der Waals surface area (Å²) in [5, 5.41) is 3.93. The molecule has 0 atom stereocenters. The Morgan fingerprint density at radius 1 is 1.29 bits per heavy atom. The molecule has 0 aromatic heterocycles. The van der Waals surface area contributed by atoms with Gasteiger partial charge in [-0.15, -0.1) is 0 Å². The van der Waals surface area contributed by atoms with E-state index in [1.807, 2.05) is 0 Å². The number of nitrogens with one attached hydrogen (secondary N) is 1. The van der Waals surface area contributed by atoms with Crippen molar-refractivity contribution in [3.63, 3.8) is 0 Å². The molecule has 112 valence electrons. The lowest BCUT2D eigenvalue weighted by molar-refractivity contribution is -0.115. The molecule has 0 heterocycles. The molecule has 0 unspecified atom stereocenters. The smallest absolute Gasteiger partial charge is 0.294 e. The van der Waals surface area contributed by atoms with Crippen LogP contribution >= 0.6 is 0 Å². The third kappa shape index (κ3) is 3.14. The highest BCUT2D eigenvalue weighted by atomic mass is 32.2. The molecule has 0 spiro atoms. The second-order valence-electron chi connectivity index (χ2n) is 4.40. The van der Waals surface area contributed by atoms with Crippen LogP contribution in [0.25, 0.3) is 10.8 Å². The zero-order valence-corrected chi connectivity index (χ0v) is 12.4. The maximum Gasteiger partial charge on any atom is 0.294 e. The number of ether oxygens (including phenoxy) is 1. The van der Waals surface area contributed by atoms with Gasteiger partial charge in [0.2, 0.25) is 5.91 Å². The molecule has 0 saturated heterocycles. The quantitative estimate of drug-likeness (QED) is 0.846. The van der Waals surface area contributed by atoms with Crippen LogP contribution in [0.15, 0.2) is 35.2 Å². The molecule has 2 rings (SSSR count). The van der Waals surface area contributed by atoms with Gasteiger partial charge in [-0.05, 0) is 23.6 Å². The molecule has 6 nitrogen and oxygen atoms in total. The Morgan fingerprint density at radius 3 is 2.57 bits per heavy atom. The number of anilines is 1. The highest BCUT2D eigenvalue weighted by Crippen LogP contribution is 2.34. The summed E-state index contributed by atoms with van der Waals surface area (Å²) >= 11 is 0. The number of methoxy groups -OCH3 is 1. The predicted molar refractivity (Wildman–Crippen MR) is 79.2 cm³/mol. The maximum absolute atomic E-state index is 11.6. The molecule has 0 radical (unpaired) electrons. The molecule has 0 fully saturated rings. The zero-order valence-electron chi connectivity index (χ0n) is 11.6. The van der Waals surface area contributed by atoms with Crippen LogP contribution in [0.4, 0.5) is 5.69 Å². The van der Waals surface area contributed by atoms with Crippen molar-refractivity contribution >= 4 is 32.5 Å². The average molecular weight is 309 g/mol. The van der Waals surface area contributed by atoms with Crippen LogP contribution < -0.4 is 10.1 Å². The fourth-order valence-corrected chi connectivity index (χ4v) is 2.49. The topological polar surface area (TPSA) is 92.7 Å². The molecule has 0 aliphatic rings. The van der Waals surface area contributed by atoms with E-state index in [4.69, 9.17) is 9.29 Å². The Bertz CT molecular complexity index is 798. The van der Waals surface area contributed by atoms with Gasteiger partial charge in [0.15, 0.2) is 0 Å². The minimum atomic E-state index is -4.27. The Hall–Kier alpha value is -2.12. The number of fused-ring (bicyclic) bond motifs is 1. The number of hydrogen-bond acceptors (Lipinski definition) is 4. The summed E-state index contributed by atoms with van der Waals surface area (Å²) in [5.41, 5.74) is 0.476. The molecule has 0 bridgehead atoms. The first-order valence-corrected chi connectivity index (χ1v) is 7.69. The Kier molecular flexibility index (Phi) is 4.15. The van der Waals surface area contributed by atoms with Crippen LogP contribution in [0.5, 0.6) is 5.75 Å². The summed E-state index contributed by atoms with van der Waals surface area (Å²) in [7, 11) is -2.79. The summed E-state index contributed by atoms with van der Waals surface area (Å²) in [4.78, 5) is 11.4. The van der Waals surface area contributed by atoms with Crippen molar-refractivity contribution in [3.8, 4) is 5.75 Å². The van der Waals surface area contributed by atoms with Gasteiger partial charge in [-0.3, -0.25) is 9.35 Å². The second-order valence-corrected chi connectivity index (χ2v) is 5.82. The predicted octanol–water partition coefficient (Wildman–Crippen LogP) is 2.44. The first kappa shape index (κ1) is 15.3. The number of amides is 1. The summed E-state index contributed by atoms with van der Waals surface area (Å²) in [6, 6.07) is 7.42. The van der Waals surface area contributed by atoms with E-state index in [2.05, 4.69) is 5.32 Å². The largest absolute Gasteiger partial charge is 0.495 e. The van der Waals surface area contributed by atoms with Crippen molar-refractivity contribution < 1.29 is 22.5 Å². The fraction of sp³-hybridized carbons (Fsp3) is 0.214. The van der Waals surface area contributed by atoms with E-state index >= 15 is 0 Å². The zero-order chi connectivity index (χ0) is 15.6. The maximum atomic E-state index is 11.6. The van der Waals surface area contributed by atoms with Crippen LogP contribution in [0, 0.1) is 0 Å². The molecular formula is C14H15NO5S. The molecule has 0 saturated carbocycles. The summed E-state index contributed by atoms with van der Waals surface area (Å²) in [6.07, 6.45) is 0.308. The number of carbonyl (C=O) groups is 1. The minimum absolute atomic E-state index is 0.181. The van der Waals surface area contributed by atoms with Crippen LogP contribution in [0.1, 0.15) is 13.3 Å². The highest BCUT2D eigenvalue weighted by Gasteiger charge is 2.14. The summed E-state index contributed by atoms with van der Waals surface area (Å²) in [6.45, 7) is 1.73. The monoisotopic (exact) mass is 309 g/mol. The first-order valence-electron chi connectivity index (χ1n) is 6.25. The van der Waals surface area contributed by atoms with E-state index in [1.54, 1.807) is 19.1 Å². The van der Waals surface area contributed by atoms with Gasteiger partial charge in [0, 0.05) is 11.8 Å². The molecule has 1 amide bonds. The van der Waals surface area contributed by atoms with Gasteiger partial charge in [-0.2, -0.15) is 8.42 Å². The van der Waals surface area contributed by atoms with Gasteiger partial charge >= 0.3 is 0 Å². The van der Waals surface area contributed by atoms with Crippen molar-refractivity contribution in [2.75, 3.05) is 12.4 Å². The van der Waals surface area contributed by atoms with Crippen molar-refractivity contribution in [2.45, 2.75) is 18.2 Å². The Morgan fingerprint density at radius 2 is 2.00 bits per heavy atom. The van der Waals surface area contributed by atoms with E-state index < -0.39 is 10.1 Å². The van der Waals surface area contributed by atoms with E-state index in [0.29, 0.717) is 28.6 Å². The summed E-state index contributed by atoms with van der Waals surface area (Å²) < 4.78 is 36.6. The van der Waals surface area contributed by atoms with Crippen LogP contribution in [0.3, 0.4) is 0 Å². The van der Waals surface area contributed by atoms with Gasteiger partial charge in [0.05, 0.1) is 17.7 Å². The highest BCUT2D eigenvalue weighted by molar-refractivity contribution is 7.85. The van der Waals surface area contributed by atoms with E-state index in [1.165, 1.54) is 25.3 Å². The molecule has 2 N–H and O–H groups in total. The SMILES string of the molecule is CCC(=O)Nc1c(OC)ccc2cc(S(=O)(=O)O)ccc12. The van der Waals surface area contributed by atoms with Crippen LogP contribution in [-0.4, -0.2) is 26.0 Å². The summed E-state index contributed by atoms with van der Waals surface area (Å²) in [5.74, 6) is 0.295. The number of carbonyl (C=O) groups excluding carboxylic acids is 1. The number of benzene rings is 2. The van der Waals surface area contributed by atoms with Gasteiger partial charge < -0.3 is 10.1 Å². The molecule has 0 aliphatic heterocycles. The van der Waals surface area contributed by atoms with Crippen LogP contribution in [0.2, 0.25) is 0 Å². The third-order valence-corrected chi connectivity index (χ3v) is 3.91. The molecule has 2 aromatic rings. The second kappa shape index (κ2) is 5.71. The Labute approximate surface area is 122 Å². The van der Waals surface area contributed by atoms with E-state index in [0.717, 1.165) is 0 Å². The molecule has 2 aromatic carbocycles. The normalized spacial score (nSPS) is 11.4. The van der Waals surface area contributed by atoms with Gasteiger partial charge in [-0.25, -0.2) is 0 Å². The lowest BCUT2D eigenvalue weighted by Gasteiger charge is -2.13. The van der Waals surface area contributed by atoms with Crippen molar-refractivity contribution in [3.05, 3.63) is 30.3 Å². The van der Waals surface area contributed by atoms with Crippen molar-refractivity contribution in [1.29, 1.82) is 0 Å². The average Bonchev–Trinajstić information content (AvgIpc) is 2.45. The lowest BCUT2D eigenvalue weighted by Crippen LogP contribution is -2.11. The first-order chi connectivity index (χ1) is 9.86. The van der Waals surface area contributed by atoms with Crippen molar-refractivity contribution in [1.82, 2.24) is 0 Å². The van der Waals surface area contributed by atoms with Crippen molar-refractivity contribution in [2.24, 2.45) is 0 Å². The molecular weight excluding hydrogens is 294 g/mol. The standard InChI is InChI=1S/C14H15NO5S/c1-3-13(16)15-14-11-6-5-10(21(17,18)19)8-9(11)4-7-12(14)20-2/h4-8H,3H2,1-2H3,(H,15,16)(H,17,18,19). The molecule has 0 aliphatic carbocycles. The Balaban J connectivity index is 2.67. The number of hydrogen-bond donors (Lipinski definition) is 2. The minimum Gasteiger partial charge on any atom is -0.495 e. The van der Waals surface area contributed by atoms with Gasteiger partial charge in [-0.1, -0.05) is 19.1 Å². The molecule has 21 heavy (non-hydrogen) atoms. The fourth-order valence-electron chi connectivity index (χ4n) is 1.98. The van der Waals surface area contributed by atoms with Gasteiger partial charge in [0.1, 0.15) is 5.75 Å². The van der Waals surface area contributed by atoms with Gasteiger partial charge in [0.25, 0.3) is 10.1 Å². The van der Waals surface area contributed by atoms with Crippen LogP contribution in [-0.2, 0) is 14.9 Å². The lowest BCUT2D eigenvalue weighted by atomic mass is 10.1. The van der Waals surface area contributed by atoms with E-state index in [9.17, 15) is 13.2 Å². The van der Waals surface area contributed by atoms with E-state index in [-0.39, 0.29) is 10.8 Å².